The molecule has 0 spiro atoms. The average Bonchev–Trinajstić information content (AvgIpc) is 3.30. The number of rotatable bonds is 8. The molecule has 0 aliphatic carbocycles. The van der Waals surface area contributed by atoms with E-state index in [2.05, 4.69) is 10.3 Å². The first kappa shape index (κ1) is 20.9. The van der Waals surface area contributed by atoms with Gasteiger partial charge in [0.25, 0.3) is 17.7 Å². The number of aromatic nitrogens is 1. The van der Waals surface area contributed by atoms with Crippen LogP contribution in [0.25, 0.3) is 0 Å². The quantitative estimate of drug-likeness (QED) is 0.430. The van der Waals surface area contributed by atoms with Crippen LogP contribution in [0.5, 0.6) is 0 Å². The summed E-state index contributed by atoms with van der Waals surface area (Å²) in [5.41, 5.74) is 2.93. The van der Waals surface area contributed by atoms with Gasteiger partial charge in [0.15, 0.2) is 0 Å². The maximum Gasteiger partial charge on any atom is 0.261 e. The molecule has 0 bridgehead atoms. The fourth-order valence-corrected chi connectivity index (χ4v) is 4.38. The van der Waals surface area contributed by atoms with Crippen LogP contribution in [0.15, 0.2) is 53.9 Å². The monoisotopic (exact) mass is 433 g/mol. The van der Waals surface area contributed by atoms with Gasteiger partial charge in [-0.1, -0.05) is 30.3 Å². The number of amides is 3. The van der Waals surface area contributed by atoms with Crippen molar-refractivity contribution in [1.82, 2.24) is 15.2 Å². The number of thiazole rings is 1. The molecule has 2 aromatic carbocycles. The summed E-state index contributed by atoms with van der Waals surface area (Å²) in [6.07, 6.45) is 2.69. The van der Waals surface area contributed by atoms with Gasteiger partial charge in [-0.2, -0.15) is 0 Å². The Morgan fingerprint density at radius 1 is 1.03 bits per heavy atom. The number of fused-ring (bicyclic) bond motifs is 1. The smallest absolute Gasteiger partial charge is 0.261 e. The zero-order chi connectivity index (χ0) is 21.8. The highest BCUT2D eigenvalue weighted by atomic mass is 32.1. The third-order valence-corrected chi connectivity index (χ3v) is 6.21. The van der Waals surface area contributed by atoms with Crippen molar-refractivity contribution in [1.29, 1.82) is 0 Å². The molecule has 1 aromatic heterocycles. The van der Waals surface area contributed by atoms with Crippen molar-refractivity contribution in [2.75, 3.05) is 6.54 Å². The minimum atomic E-state index is -0.364. The van der Waals surface area contributed by atoms with Crippen LogP contribution in [0.3, 0.4) is 0 Å². The van der Waals surface area contributed by atoms with E-state index in [1.807, 2.05) is 42.6 Å². The fraction of sp³-hybridized carbons (Fsp3) is 0.250. The Balaban J connectivity index is 1.33. The molecule has 2 heterocycles. The van der Waals surface area contributed by atoms with E-state index in [-0.39, 0.29) is 29.8 Å². The van der Waals surface area contributed by atoms with E-state index in [0.29, 0.717) is 17.7 Å². The maximum absolute atomic E-state index is 12.8. The lowest BCUT2D eigenvalue weighted by Gasteiger charge is -2.13. The molecule has 31 heavy (non-hydrogen) atoms. The van der Waals surface area contributed by atoms with E-state index in [4.69, 9.17) is 0 Å². The Bertz CT molecular complexity index is 1120. The van der Waals surface area contributed by atoms with Crippen molar-refractivity contribution in [3.8, 4) is 0 Å². The van der Waals surface area contributed by atoms with Gasteiger partial charge < -0.3 is 5.32 Å². The second-order valence-corrected chi connectivity index (χ2v) is 8.48. The Morgan fingerprint density at radius 2 is 1.81 bits per heavy atom. The first-order valence-electron chi connectivity index (χ1n) is 10.3. The lowest BCUT2D eigenvalue weighted by atomic mass is 10.1. The number of imide groups is 1. The Labute approximate surface area is 184 Å². The topological polar surface area (TPSA) is 79.4 Å². The van der Waals surface area contributed by atoms with E-state index in [1.165, 1.54) is 11.0 Å². The normalized spacial score (nSPS) is 12.9. The number of carbonyl (C=O) groups is 3. The van der Waals surface area contributed by atoms with Crippen molar-refractivity contribution >= 4 is 29.1 Å². The molecule has 158 valence electrons. The summed E-state index contributed by atoms with van der Waals surface area (Å²) in [5.74, 6) is -0.930. The minimum Gasteiger partial charge on any atom is -0.352 e. The van der Waals surface area contributed by atoms with Gasteiger partial charge >= 0.3 is 0 Å². The fourth-order valence-electron chi connectivity index (χ4n) is 3.56. The molecule has 0 unspecified atom stereocenters. The predicted molar refractivity (Wildman–Crippen MR) is 119 cm³/mol. The summed E-state index contributed by atoms with van der Waals surface area (Å²) in [6, 6.07) is 14.1. The number of nitrogens with zero attached hydrogens (tertiary/aromatic N) is 2. The first-order chi connectivity index (χ1) is 15.0. The number of benzene rings is 2. The second kappa shape index (κ2) is 9.22. The van der Waals surface area contributed by atoms with E-state index >= 15 is 0 Å². The van der Waals surface area contributed by atoms with Crippen LogP contribution in [0, 0.1) is 6.92 Å². The van der Waals surface area contributed by atoms with E-state index < -0.39 is 0 Å². The van der Waals surface area contributed by atoms with Crippen molar-refractivity contribution in [2.24, 2.45) is 0 Å². The summed E-state index contributed by atoms with van der Waals surface area (Å²) in [7, 11) is 0. The van der Waals surface area contributed by atoms with Crippen molar-refractivity contribution < 1.29 is 14.4 Å². The first-order valence-corrected chi connectivity index (χ1v) is 11.1. The molecule has 0 saturated heterocycles. The van der Waals surface area contributed by atoms with Crippen LogP contribution in [0.2, 0.25) is 0 Å². The van der Waals surface area contributed by atoms with Gasteiger partial charge in [-0.25, -0.2) is 4.98 Å². The molecule has 6 nitrogen and oxygen atoms in total. The molecule has 3 aromatic rings. The number of nitrogens with one attached hydrogen (secondary N) is 1. The molecular formula is C24H23N3O3S. The number of carbonyl (C=O) groups excluding carboxylic acids is 3. The highest BCUT2D eigenvalue weighted by Gasteiger charge is 2.35. The summed E-state index contributed by atoms with van der Waals surface area (Å²) in [5, 5.41) is 6.05. The number of hydrogen-bond donors (Lipinski definition) is 1. The summed E-state index contributed by atoms with van der Waals surface area (Å²) in [4.78, 5) is 43.6. The van der Waals surface area contributed by atoms with Crippen molar-refractivity contribution in [2.45, 2.75) is 32.7 Å². The molecule has 3 amide bonds. The zero-order valence-corrected chi connectivity index (χ0v) is 18.1. The van der Waals surface area contributed by atoms with E-state index in [9.17, 15) is 14.4 Å². The highest BCUT2D eigenvalue weighted by Crippen LogP contribution is 2.25. The summed E-state index contributed by atoms with van der Waals surface area (Å²) in [6.45, 7) is 2.75. The van der Waals surface area contributed by atoms with Crippen LogP contribution in [0.4, 0.5) is 0 Å². The molecule has 1 N–H and O–H groups in total. The third-order valence-electron chi connectivity index (χ3n) is 5.19. The molecule has 1 aliphatic heterocycles. The van der Waals surface area contributed by atoms with Gasteiger partial charge in [0.05, 0.1) is 22.7 Å². The van der Waals surface area contributed by atoms with E-state index in [0.717, 1.165) is 35.5 Å². The van der Waals surface area contributed by atoms with Crippen molar-refractivity contribution in [3.63, 3.8) is 0 Å². The van der Waals surface area contributed by atoms with Crippen LogP contribution >= 0.6 is 11.3 Å². The Kier molecular flexibility index (Phi) is 6.23. The van der Waals surface area contributed by atoms with Gasteiger partial charge in [-0.05, 0) is 49.9 Å². The number of hydrogen-bond acceptors (Lipinski definition) is 5. The Hall–Kier alpha value is -3.32. The predicted octanol–water partition coefficient (Wildman–Crippen LogP) is 4.00. The van der Waals surface area contributed by atoms with Crippen LogP contribution in [0.1, 0.15) is 60.2 Å². The third kappa shape index (κ3) is 4.72. The SMILES string of the molecule is Cc1csc(CCCCNC(=O)c2ccc3c(c2)C(=O)N(Cc2ccccc2)C3=O)n1. The van der Waals surface area contributed by atoms with Crippen LogP contribution in [-0.4, -0.2) is 34.2 Å². The van der Waals surface area contributed by atoms with Gasteiger partial charge in [0.1, 0.15) is 0 Å². The largest absolute Gasteiger partial charge is 0.352 e. The van der Waals surface area contributed by atoms with Crippen LogP contribution < -0.4 is 5.32 Å². The summed E-state index contributed by atoms with van der Waals surface area (Å²) >= 11 is 1.66. The average molecular weight is 434 g/mol. The van der Waals surface area contributed by atoms with Gasteiger partial charge in [-0.15, -0.1) is 11.3 Å². The van der Waals surface area contributed by atoms with Crippen molar-refractivity contribution in [3.05, 3.63) is 86.9 Å². The summed E-state index contributed by atoms with van der Waals surface area (Å²) < 4.78 is 0. The molecule has 1 aliphatic rings. The van der Waals surface area contributed by atoms with E-state index in [1.54, 1.807) is 23.5 Å². The standard InChI is InChI=1S/C24H23N3O3S/c1-16-15-31-21(26-16)9-5-6-12-25-22(28)18-10-11-19-20(13-18)24(30)27(23(19)29)14-17-7-3-2-4-8-17/h2-4,7-8,10-11,13,15H,5-6,9,12,14H2,1H3,(H,25,28). The molecule has 0 radical (unpaired) electrons. The minimum absolute atomic E-state index is 0.216. The Morgan fingerprint density at radius 3 is 2.55 bits per heavy atom. The molecule has 0 atom stereocenters. The van der Waals surface area contributed by atoms with Gasteiger partial charge in [-0.3, -0.25) is 19.3 Å². The molecule has 7 heteroatoms. The molecule has 0 fully saturated rings. The van der Waals surface area contributed by atoms with Gasteiger partial charge in [0, 0.05) is 23.2 Å². The lowest BCUT2D eigenvalue weighted by molar-refractivity contribution is 0.0642. The molecule has 0 saturated carbocycles. The second-order valence-electron chi connectivity index (χ2n) is 7.54. The highest BCUT2D eigenvalue weighted by molar-refractivity contribution is 7.09. The number of aryl methyl sites for hydroxylation is 2. The molecule has 4 rings (SSSR count). The maximum atomic E-state index is 12.8. The zero-order valence-electron chi connectivity index (χ0n) is 17.3. The van der Waals surface area contributed by atoms with Crippen LogP contribution in [-0.2, 0) is 13.0 Å². The van der Waals surface area contributed by atoms with Gasteiger partial charge in [0.2, 0.25) is 0 Å². The molecular weight excluding hydrogens is 410 g/mol. The number of unbranched alkanes of at least 4 members (excludes halogenated alkanes) is 1. The lowest BCUT2D eigenvalue weighted by Crippen LogP contribution is -2.29.